The molecule has 1 atom stereocenters. The Labute approximate surface area is 170 Å². The van der Waals surface area contributed by atoms with E-state index in [1.807, 2.05) is 30.5 Å². The molecule has 2 aromatic rings. The van der Waals surface area contributed by atoms with Crippen molar-refractivity contribution in [3.8, 4) is 5.69 Å². The number of aromatic nitrogens is 2. The van der Waals surface area contributed by atoms with E-state index in [9.17, 15) is 4.79 Å². The maximum Gasteiger partial charge on any atom is 0.234 e. The molecule has 2 fully saturated rings. The average Bonchev–Trinajstić information content (AvgIpc) is 3.39. The Kier molecular flexibility index (Phi) is 6.14. The van der Waals surface area contributed by atoms with Gasteiger partial charge in [0.25, 0.3) is 0 Å². The second-order valence-corrected chi connectivity index (χ2v) is 7.72. The molecule has 2 aliphatic heterocycles. The quantitative estimate of drug-likeness (QED) is 0.798. The highest BCUT2D eigenvalue weighted by atomic mass is 35.5. The van der Waals surface area contributed by atoms with Crippen LogP contribution in [0.25, 0.3) is 5.69 Å². The van der Waals surface area contributed by atoms with Crippen LogP contribution in [0.5, 0.6) is 0 Å². The number of amides is 1. The lowest BCUT2D eigenvalue weighted by molar-refractivity contribution is -0.122. The van der Waals surface area contributed by atoms with Crippen LogP contribution in [0.2, 0.25) is 5.02 Å². The fraction of sp³-hybridized carbons (Fsp3) is 0.500. The van der Waals surface area contributed by atoms with Gasteiger partial charge in [-0.05, 0) is 31.0 Å². The number of halogens is 1. The largest absolute Gasteiger partial charge is 0.376 e. The molecular formula is C20H26ClN5O2. The fourth-order valence-electron chi connectivity index (χ4n) is 3.76. The summed E-state index contributed by atoms with van der Waals surface area (Å²) < 4.78 is 7.60. The molecule has 0 bridgehead atoms. The molecule has 28 heavy (non-hydrogen) atoms. The average molecular weight is 404 g/mol. The molecule has 2 aliphatic rings. The van der Waals surface area contributed by atoms with Crippen molar-refractivity contribution in [2.75, 3.05) is 50.8 Å². The van der Waals surface area contributed by atoms with Crippen LogP contribution in [-0.2, 0) is 9.53 Å². The van der Waals surface area contributed by atoms with Crippen LogP contribution in [0, 0.1) is 0 Å². The smallest absolute Gasteiger partial charge is 0.234 e. The second-order valence-electron chi connectivity index (χ2n) is 7.28. The lowest BCUT2D eigenvalue weighted by Crippen LogP contribution is -2.50. The van der Waals surface area contributed by atoms with Crippen molar-refractivity contribution in [1.29, 1.82) is 0 Å². The van der Waals surface area contributed by atoms with E-state index in [2.05, 4.69) is 24.7 Å². The molecule has 7 nitrogen and oxygen atoms in total. The van der Waals surface area contributed by atoms with Crippen LogP contribution in [-0.4, -0.2) is 72.3 Å². The van der Waals surface area contributed by atoms with Gasteiger partial charge >= 0.3 is 0 Å². The number of hydrogen-bond acceptors (Lipinski definition) is 5. The molecule has 1 aromatic carbocycles. The fourth-order valence-corrected chi connectivity index (χ4v) is 3.94. The van der Waals surface area contributed by atoms with Crippen LogP contribution in [0.1, 0.15) is 12.8 Å². The first-order chi connectivity index (χ1) is 13.7. The summed E-state index contributed by atoms with van der Waals surface area (Å²) in [5, 5.41) is 3.70. The minimum atomic E-state index is 0.0735. The molecule has 2 saturated heterocycles. The molecule has 1 aromatic heterocycles. The monoisotopic (exact) mass is 403 g/mol. The molecule has 1 unspecified atom stereocenters. The van der Waals surface area contributed by atoms with E-state index in [4.69, 9.17) is 16.3 Å². The van der Waals surface area contributed by atoms with Gasteiger partial charge in [-0.1, -0.05) is 17.7 Å². The summed E-state index contributed by atoms with van der Waals surface area (Å²) >= 11 is 6.13. The third-order valence-corrected chi connectivity index (χ3v) is 5.52. The molecular weight excluding hydrogens is 378 g/mol. The molecule has 0 aliphatic carbocycles. The Bertz CT molecular complexity index is 797. The molecule has 8 heteroatoms. The van der Waals surface area contributed by atoms with Gasteiger partial charge in [0.05, 0.1) is 12.6 Å². The first kappa shape index (κ1) is 19.2. The van der Waals surface area contributed by atoms with Crippen LogP contribution >= 0.6 is 11.6 Å². The number of carbonyl (C=O) groups excluding carboxylic acids is 1. The van der Waals surface area contributed by atoms with Gasteiger partial charge in [-0.25, -0.2) is 4.98 Å². The summed E-state index contributed by atoms with van der Waals surface area (Å²) in [6.07, 6.45) is 6.07. The maximum absolute atomic E-state index is 12.2. The number of piperazine rings is 1. The van der Waals surface area contributed by atoms with Gasteiger partial charge in [-0.15, -0.1) is 0 Å². The molecule has 0 spiro atoms. The van der Waals surface area contributed by atoms with Crippen molar-refractivity contribution in [3.63, 3.8) is 0 Å². The number of nitrogens with zero attached hydrogens (tertiary/aromatic N) is 4. The van der Waals surface area contributed by atoms with Gasteiger partial charge in [-0.2, -0.15) is 0 Å². The molecule has 0 saturated carbocycles. The Morgan fingerprint density at radius 1 is 1.29 bits per heavy atom. The molecule has 3 heterocycles. The minimum Gasteiger partial charge on any atom is -0.376 e. The Balaban J connectivity index is 1.29. The third kappa shape index (κ3) is 4.66. The second kappa shape index (κ2) is 8.94. The van der Waals surface area contributed by atoms with Crippen molar-refractivity contribution in [1.82, 2.24) is 19.8 Å². The molecule has 4 rings (SSSR count). The predicted molar refractivity (Wildman–Crippen MR) is 109 cm³/mol. The van der Waals surface area contributed by atoms with Gasteiger partial charge in [0.1, 0.15) is 0 Å². The van der Waals surface area contributed by atoms with E-state index >= 15 is 0 Å². The standard InChI is InChI=1S/C20H26ClN5O2/c21-16-3-1-4-17(13-16)26-7-6-22-20(26)25-10-8-24(9-11-25)15-19(27)23-14-18-5-2-12-28-18/h1,3-4,6-7,13,18H,2,5,8-12,14-15H2,(H,23,27). The molecule has 150 valence electrons. The summed E-state index contributed by atoms with van der Waals surface area (Å²) in [4.78, 5) is 21.2. The van der Waals surface area contributed by atoms with Crippen molar-refractivity contribution in [2.24, 2.45) is 0 Å². The number of rotatable bonds is 6. The molecule has 1 amide bonds. The van der Waals surface area contributed by atoms with Gasteiger partial charge in [0, 0.05) is 62.4 Å². The van der Waals surface area contributed by atoms with Crippen molar-refractivity contribution < 1.29 is 9.53 Å². The number of nitrogens with one attached hydrogen (secondary N) is 1. The third-order valence-electron chi connectivity index (χ3n) is 5.28. The highest BCUT2D eigenvalue weighted by Gasteiger charge is 2.23. The van der Waals surface area contributed by atoms with E-state index in [1.165, 1.54) is 0 Å². The zero-order valence-corrected chi connectivity index (χ0v) is 16.6. The summed E-state index contributed by atoms with van der Waals surface area (Å²) in [6.45, 7) is 5.19. The minimum absolute atomic E-state index is 0.0735. The zero-order valence-electron chi connectivity index (χ0n) is 15.9. The topological polar surface area (TPSA) is 62.6 Å². The highest BCUT2D eigenvalue weighted by molar-refractivity contribution is 6.30. The first-order valence-electron chi connectivity index (χ1n) is 9.84. The predicted octanol–water partition coefficient (Wildman–Crippen LogP) is 1.94. The lowest BCUT2D eigenvalue weighted by atomic mass is 10.2. The van der Waals surface area contributed by atoms with E-state index in [-0.39, 0.29) is 12.0 Å². The van der Waals surface area contributed by atoms with Gasteiger partial charge in [-0.3, -0.25) is 14.3 Å². The SMILES string of the molecule is O=C(CN1CCN(c2nccn2-c2cccc(Cl)c2)CC1)NCC1CCCO1. The number of anilines is 1. The normalized spacial score (nSPS) is 20.5. The van der Waals surface area contributed by atoms with Crippen molar-refractivity contribution in [3.05, 3.63) is 41.7 Å². The van der Waals surface area contributed by atoms with Crippen molar-refractivity contribution in [2.45, 2.75) is 18.9 Å². The van der Waals surface area contributed by atoms with Crippen LogP contribution < -0.4 is 10.2 Å². The Morgan fingerprint density at radius 3 is 2.89 bits per heavy atom. The summed E-state index contributed by atoms with van der Waals surface area (Å²) in [7, 11) is 0. The van der Waals surface area contributed by atoms with Crippen LogP contribution in [0.15, 0.2) is 36.7 Å². The van der Waals surface area contributed by atoms with E-state index in [0.29, 0.717) is 18.1 Å². The summed E-state index contributed by atoms with van der Waals surface area (Å²) in [5.41, 5.74) is 0.996. The van der Waals surface area contributed by atoms with E-state index in [0.717, 1.165) is 57.3 Å². The summed E-state index contributed by atoms with van der Waals surface area (Å²) in [5.74, 6) is 0.981. The Morgan fingerprint density at radius 2 is 2.14 bits per heavy atom. The number of carbonyl (C=O) groups is 1. The highest BCUT2D eigenvalue weighted by Crippen LogP contribution is 2.22. The number of benzene rings is 1. The van der Waals surface area contributed by atoms with E-state index in [1.54, 1.807) is 6.20 Å². The van der Waals surface area contributed by atoms with Crippen LogP contribution in [0.4, 0.5) is 5.95 Å². The first-order valence-corrected chi connectivity index (χ1v) is 10.2. The van der Waals surface area contributed by atoms with Crippen molar-refractivity contribution >= 4 is 23.5 Å². The van der Waals surface area contributed by atoms with Crippen LogP contribution in [0.3, 0.4) is 0 Å². The van der Waals surface area contributed by atoms with Gasteiger partial charge < -0.3 is 15.0 Å². The summed E-state index contributed by atoms with van der Waals surface area (Å²) in [6, 6.07) is 7.76. The number of hydrogen-bond donors (Lipinski definition) is 1. The van der Waals surface area contributed by atoms with Gasteiger partial charge in [0.2, 0.25) is 11.9 Å². The Hall–Kier alpha value is -2.09. The lowest BCUT2D eigenvalue weighted by Gasteiger charge is -2.35. The zero-order chi connectivity index (χ0) is 19.3. The number of imidazole rings is 1. The maximum atomic E-state index is 12.2. The molecule has 1 N–H and O–H groups in total. The van der Waals surface area contributed by atoms with Gasteiger partial charge in [0.15, 0.2) is 0 Å². The number of ether oxygens (including phenoxy) is 1. The van der Waals surface area contributed by atoms with E-state index < -0.39 is 0 Å². The molecule has 0 radical (unpaired) electrons.